The van der Waals surface area contributed by atoms with E-state index in [-0.39, 0.29) is 17.2 Å². The maximum absolute atomic E-state index is 13.0. The number of carbonyl (C=O) groups is 1. The van der Waals surface area contributed by atoms with Gasteiger partial charge >= 0.3 is 0 Å². The van der Waals surface area contributed by atoms with Crippen molar-refractivity contribution in [2.24, 2.45) is 5.92 Å². The Bertz CT molecular complexity index is 716. The number of hydrogen-bond donors (Lipinski definition) is 1. The first-order chi connectivity index (χ1) is 12.9. The molecule has 0 aromatic heterocycles. The van der Waals surface area contributed by atoms with Crippen LogP contribution >= 0.6 is 23.4 Å². The van der Waals surface area contributed by atoms with Crippen LogP contribution in [0.25, 0.3) is 0 Å². The highest BCUT2D eigenvalue weighted by molar-refractivity contribution is 8.00. The van der Waals surface area contributed by atoms with Gasteiger partial charge in [0.25, 0.3) is 0 Å². The van der Waals surface area contributed by atoms with Crippen LogP contribution in [0.4, 0.5) is 0 Å². The summed E-state index contributed by atoms with van der Waals surface area (Å²) in [7, 11) is 1.65. The van der Waals surface area contributed by atoms with Crippen LogP contribution in [0.5, 0.6) is 5.75 Å². The molecule has 2 aromatic carbocycles. The Labute approximate surface area is 171 Å². The van der Waals surface area contributed by atoms with Gasteiger partial charge in [0.2, 0.25) is 5.91 Å². The van der Waals surface area contributed by atoms with Crippen molar-refractivity contribution in [2.75, 3.05) is 7.11 Å². The molecule has 0 spiro atoms. The molecule has 0 aliphatic rings. The predicted octanol–water partition coefficient (Wildman–Crippen LogP) is 6.12. The largest absolute Gasteiger partial charge is 0.497 e. The summed E-state index contributed by atoms with van der Waals surface area (Å²) in [6.45, 7) is 6.38. The molecular formula is C22H28ClNO2S. The quantitative estimate of drug-likeness (QED) is 0.510. The monoisotopic (exact) mass is 405 g/mol. The summed E-state index contributed by atoms with van der Waals surface area (Å²) in [6.07, 6.45) is 1.65. The molecule has 2 rings (SSSR count). The molecule has 2 aromatic rings. The third-order valence-electron chi connectivity index (χ3n) is 4.30. The number of amides is 1. The van der Waals surface area contributed by atoms with Gasteiger partial charge in [0.05, 0.1) is 18.4 Å². The van der Waals surface area contributed by atoms with Crippen molar-refractivity contribution in [3.8, 4) is 5.75 Å². The zero-order chi connectivity index (χ0) is 19.8. The topological polar surface area (TPSA) is 38.3 Å². The molecule has 0 aliphatic heterocycles. The highest BCUT2D eigenvalue weighted by Gasteiger charge is 2.23. The van der Waals surface area contributed by atoms with E-state index in [9.17, 15) is 4.79 Å². The van der Waals surface area contributed by atoms with Crippen LogP contribution < -0.4 is 10.1 Å². The Morgan fingerprint density at radius 3 is 2.26 bits per heavy atom. The highest BCUT2D eigenvalue weighted by atomic mass is 35.5. The SMILES string of the molecule is CCC(Sc1ccc(Cl)cc1)C(=O)NC(CC(C)C)c1ccc(OC)cc1. The third-order valence-corrected chi connectivity index (χ3v) is 5.93. The molecule has 3 nitrogen and oxygen atoms in total. The summed E-state index contributed by atoms with van der Waals surface area (Å²) in [4.78, 5) is 14.0. The Kier molecular flexibility index (Phi) is 8.52. The van der Waals surface area contributed by atoms with E-state index >= 15 is 0 Å². The Hall–Kier alpha value is -1.65. The summed E-state index contributed by atoms with van der Waals surface area (Å²) in [6, 6.07) is 15.5. The van der Waals surface area contributed by atoms with Gasteiger partial charge in [-0.3, -0.25) is 4.79 Å². The fourth-order valence-electron chi connectivity index (χ4n) is 2.85. The first kappa shape index (κ1) is 21.6. The van der Waals surface area contributed by atoms with Crippen molar-refractivity contribution in [3.05, 3.63) is 59.1 Å². The van der Waals surface area contributed by atoms with Gasteiger partial charge in [0, 0.05) is 9.92 Å². The minimum atomic E-state index is -0.140. The Morgan fingerprint density at radius 1 is 1.11 bits per heavy atom. The normalized spacial score (nSPS) is 13.3. The maximum atomic E-state index is 13.0. The molecule has 0 saturated carbocycles. The third kappa shape index (κ3) is 6.78. The Morgan fingerprint density at radius 2 is 1.74 bits per heavy atom. The fourth-order valence-corrected chi connectivity index (χ4v) is 3.94. The van der Waals surface area contributed by atoms with Crippen molar-refractivity contribution < 1.29 is 9.53 Å². The standard InChI is InChI=1S/C22H28ClNO2S/c1-5-21(27-19-12-8-17(23)9-13-19)22(25)24-20(14-15(2)3)16-6-10-18(26-4)11-7-16/h6-13,15,20-21H,5,14H2,1-4H3,(H,24,25). The van der Waals surface area contributed by atoms with Gasteiger partial charge in [-0.2, -0.15) is 0 Å². The van der Waals surface area contributed by atoms with Gasteiger partial charge in [0.15, 0.2) is 0 Å². The van der Waals surface area contributed by atoms with Crippen LogP contribution in [0.15, 0.2) is 53.4 Å². The second kappa shape index (κ2) is 10.6. The number of carbonyl (C=O) groups excluding carboxylic acids is 1. The summed E-state index contributed by atoms with van der Waals surface area (Å²) in [5.74, 6) is 1.36. The van der Waals surface area contributed by atoms with Crippen molar-refractivity contribution in [1.82, 2.24) is 5.32 Å². The Balaban J connectivity index is 2.10. The van der Waals surface area contributed by atoms with Crippen LogP contribution in [-0.4, -0.2) is 18.3 Å². The molecule has 0 heterocycles. The van der Waals surface area contributed by atoms with Gasteiger partial charge in [-0.1, -0.05) is 44.5 Å². The van der Waals surface area contributed by atoms with Crippen molar-refractivity contribution in [1.29, 1.82) is 0 Å². The van der Waals surface area contributed by atoms with E-state index in [1.807, 2.05) is 55.5 Å². The molecule has 1 amide bonds. The molecule has 0 aliphatic carbocycles. The lowest BCUT2D eigenvalue weighted by atomic mass is 9.96. The van der Waals surface area contributed by atoms with Crippen molar-refractivity contribution >= 4 is 29.3 Å². The predicted molar refractivity (Wildman–Crippen MR) is 115 cm³/mol. The van der Waals surface area contributed by atoms with Gasteiger partial charge in [-0.05, 0) is 60.7 Å². The van der Waals surface area contributed by atoms with Crippen LogP contribution in [-0.2, 0) is 4.79 Å². The van der Waals surface area contributed by atoms with Crippen molar-refractivity contribution in [3.63, 3.8) is 0 Å². The molecule has 0 bridgehead atoms. The fraction of sp³-hybridized carbons (Fsp3) is 0.409. The second-order valence-corrected chi connectivity index (χ2v) is 8.65. The lowest BCUT2D eigenvalue weighted by molar-refractivity contribution is -0.121. The van der Waals surface area contributed by atoms with E-state index in [1.54, 1.807) is 18.9 Å². The number of halogens is 1. The minimum absolute atomic E-state index is 0.0109. The molecular weight excluding hydrogens is 378 g/mol. The highest BCUT2D eigenvalue weighted by Crippen LogP contribution is 2.29. The number of nitrogens with one attached hydrogen (secondary N) is 1. The zero-order valence-electron chi connectivity index (χ0n) is 16.4. The second-order valence-electron chi connectivity index (χ2n) is 6.93. The molecule has 0 radical (unpaired) electrons. The number of ether oxygens (including phenoxy) is 1. The molecule has 2 unspecified atom stereocenters. The molecule has 1 N–H and O–H groups in total. The van der Waals surface area contributed by atoms with E-state index in [1.165, 1.54) is 0 Å². The molecule has 5 heteroatoms. The van der Waals surface area contributed by atoms with Gasteiger partial charge in [-0.15, -0.1) is 11.8 Å². The molecule has 0 saturated heterocycles. The van der Waals surface area contributed by atoms with Crippen LogP contribution in [0.3, 0.4) is 0 Å². The van der Waals surface area contributed by atoms with E-state index < -0.39 is 0 Å². The van der Waals surface area contributed by atoms with Crippen LogP contribution in [0.1, 0.15) is 45.2 Å². The van der Waals surface area contributed by atoms with E-state index in [2.05, 4.69) is 19.2 Å². The average Bonchev–Trinajstić information content (AvgIpc) is 2.66. The molecule has 2 atom stereocenters. The van der Waals surface area contributed by atoms with E-state index in [4.69, 9.17) is 16.3 Å². The van der Waals surface area contributed by atoms with Crippen LogP contribution in [0, 0.1) is 5.92 Å². The summed E-state index contributed by atoms with van der Waals surface area (Å²) >= 11 is 7.53. The van der Waals surface area contributed by atoms with Gasteiger partial charge in [-0.25, -0.2) is 0 Å². The number of rotatable bonds is 9. The lowest BCUT2D eigenvalue weighted by Crippen LogP contribution is -2.36. The first-order valence-electron chi connectivity index (χ1n) is 9.29. The number of methoxy groups -OCH3 is 1. The van der Waals surface area contributed by atoms with E-state index in [0.717, 1.165) is 29.1 Å². The van der Waals surface area contributed by atoms with Gasteiger partial charge < -0.3 is 10.1 Å². The minimum Gasteiger partial charge on any atom is -0.497 e. The zero-order valence-corrected chi connectivity index (χ0v) is 17.9. The van der Waals surface area contributed by atoms with Crippen molar-refractivity contribution in [2.45, 2.75) is 49.8 Å². The van der Waals surface area contributed by atoms with E-state index in [0.29, 0.717) is 10.9 Å². The first-order valence-corrected chi connectivity index (χ1v) is 10.5. The molecule has 146 valence electrons. The summed E-state index contributed by atoms with van der Waals surface area (Å²) in [5.41, 5.74) is 1.10. The van der Waals surface area contributed by atoms with Gasteiger partial charge in [0.1, 0.15) is 5.75 Å². The maximum Gasteiger partial charge on any atom is 0.233 e. The molecule has 0 fully saturated rings. The number of thioether (sulfide) groups is 1. The lowest BCUT2D eigenvalue weighted by Gasteiger charge is -2.24. The average molecular weight is 406 g/mol. The smallest absolute Gasteiger partial charge is 0.233 e. The summed E-state index contributed by atoms with van der Waals surface area (Å²) < 4.78 is 5.24. The number of hydrogen-bond acceptors (Lipinski definition) is 3. The summed E-state index contributed by atoms with van der Waals surface area (Å²) in [5, 5.41) is 3.82. The van der Waals surface area contributed by atoms with Crippen LogP contribution in [0.2, 0.25) is 5.02 Å². The molecule has 27 heavy (non-hydrogen) atoms. The number of benzene rings is 2.